The Bertz CT molecular complexity index is 709. The van der Waals surface area contributed by atoms with Crippen LogP contribution in [-0.4, -0.2) is 14.2 Å². The zero-order valence-electron chi connectivity index (χ0n) is 13.8. The Morgan fingerprint density at radius 1 is 1.05 bits per heavy atom. The van der Waals surface area contributed by atoms with E-state index in [-0.39, 0.29) is 0 Å². The van der Waals surface area contributed by atoms with Crippen molar-refractivity contribution in [3.05, 3.63) is 59.8 Å². The molecule has 0 aliphatic carbocycles. The molecule has 0 saturated heterocycles. The SMILES string of the molecule is [2H]N1NC(c2c(OC)cc(C)cc2OC)=CN1c1ccccc1. The molecule has 0 atom stereocenters. The fourth-order valence-electron chi connectivity index (χ4n) is 2.43. The summed E-state index contributed by atoms with van der Waals surface area (Å²) < 4.78 is 19.1. The first-order valence-corrected chi connectivity index (χ1v) is 6.98. The Labute approximate surface area is 131 Å². The number of nitrogens with zero attached hydrogens (tertiary/aromatic N) is 1. The highest BCUT2D eigenvalue weighted by Gasteiger charge is 2.21. The van der Waals surface area contributed by atoms with Crippen molar-refractivity contribution in [2.75, 3.05) is 19.2 Å². The van der Waals surface area contributed by atoms with Gasteiger partial charge in [0.1, 0.15) is 11.5 Å². The fraction of sp³-hybridized carbons (Fsp3) is 0.176. The van der Waals surface area contributed by atoms with Crippen molar-refractivity contribution in [3.63, 3.8) is 0 Å². The van der Waals surface area contributed by atoms with Crippen molar-refractivity contribution in [2.24, 2.45) is 0 Å². The lowest BCUT2D eigenvalue weighted by atomic mass is 10.1. The van der Waals surface area contributed by atoms with Crippen LogP contribution >= 0.6 is 0 Å². The third kappa shape index (κ3) is 2.58. The van der Waals surface area contributed by atoms with Gasteiger partial charge in [0.15, 0.2) is 1.41 Å². The summed E-state index contributed by atoms with van der Waals surface area (Å²) in [5, 5.41) is 1.70. The minimum atomic E-state index is 0.698. The van der Waals surface area contributed by atoms with Gasteiger partial charge in [-0.05, 0) is 36.8 Å². The average Bonchev–Trinajstić information content (AvgIpc) is 2.96. The van der Waals surface area contributed by atoms with Gasteiger partial charge in [-0.25, -0.2) is 0 Å². The number of methoxy groups -OCH3 is 2. The summed E-state index contributed by atoms with van der Waals surface area (Å²) in [7, 11) is 3.25. The molecule has 0 radical (unpaired) electrons. The highest BCUT2D eigenvalue weighted by Crippen LogP contribution is 2.36. The Morgan fingerprint density at radius 2 is 1.68 bits per heavy atom. The first-order chi connectivity index (χ1) is 11.1. The highest BCUT2D eigenvalue weighted by molar-refractivity contribution is 5.78. The minimum absolute atomic E-state index is 0.698. The maximum Gasteiger partial charge on any atom is 0.174 e. The molecule has 0 saturated carbocycles. The van der Waals surface area contributed by atoms with Gasteiger partial charge in [0.25, 0.3) is 0 Å². The number of ether oxygens (including phenoxy) is 2. The lowest BCUT2D eigenvalue weighted by Crippen LogP contribution is -2.36. The van der Waals surface area contributed by atoms with Crippen molar-refractivity contribution in [1.29, 1.82) is 0 Å². The summed E-state index contributed by atoms with van der Waals surface area (Å²) in [6.45, 7) is 1.98. The van der Waals surface area contributed by atoms with Gasteiger partial charge in [-0.2, -0.15) is 0 Å². The molecule has 114 valence electrons. The number of rotatable bonds is 4. The first kappa shape index (κ1) is 13.0. The van der Waals surface area contributed by atoms with E-state index < -0.39 is 0 Å². The van der Waals surface area contributed by atoms with Crippen LogP contribution < -0.4 is 25.4 Å². The van der Waals surface area contributed by atoms with Gasteiger partial charge in [0.2, 0.25) is 0 Å². The summed E-state index contributed by atoms with van der Waals surface area (Å²) in [6.07, 6.45) is 1.85. The predicted octanol–water partition coefficient (Wildman–Crippen LogP) is 2.84. The molecule has 0 fully saturated rings. The van der Waals surface area contributed by atoms with Crippen LogP contribution in [-0.2, 0) is 0 Å². The van der Waals surface area contributed by atoms with Gasteiger partial charge in [-0.3, -0.25) is 5.01 Å². The molecule has 5 nitrogen and oxygen atoms in total. The smallest absolute Gasteiger partial charge is 0.174 e. The molecule has 2 aromatic carbocycles. The van der Waals surface area contributed by atoms with Crippen LogP contribution in [0.25, 0.3) is 5.70 Å². The lowest BCUT2D eigenvalue weighted by molar-refractivity contribution is 0.391. The Hall–Kier alpha value is -2.66. The summed E-state index contributed by atoms with van der Waals surface area (Å²) >= 11 is 0. The van der Waals surface area contributed by atoms with E-state index in [9.17, 15) is 0 Å². The second-order valence-corrected chi connectivity index (χ2v) is 4.98. The van der Waals surface area contributed by atoms with Crippen molar-refractivity contribution < 1.29 is 10.9 Å². The molecule has 5 heteroatoms. The number of anilines is 1. The molecule has 1 heterocycles. The maximum atomic E-state index is 8.12. The van der Waals surface area contributed by atoms with Crippen molar-refractivity contribution in [3.8, 4) is 11.5 Å². The number of benzene rings is 2. The van der Waals surface area contributed by atoms with E-state index in [1.54, 1.807) is 19.2 Å². The molecule has 0 amide bonds. The molecular formula is C17H19N3O2. The second kappa shape index (κ2) is 5.99. The van der Waals surface area contributed by atoms with E-state index in [1.807, 2.05) is 55.6 Å². The zero-order chi connectivity index (χ0) is 16.4. The molecule has 2 aromatic rings. The molecule has 1 aliphatic rings. The summed E-state index contributed by atoms with van der Waals surface area (Å²) in [5.41, 5.74) is 7.64. The van der Waals surface area contributed by atoms with E-state index in [4.69, 9.17) is 10.9 Å². The maximum absolute atomic E-state index is 8.12. The molecule has 2 N–H and O–H groups in total. The second-order valence-electron chi connectivity index (χ2n) is 4.98. The quantitative estimate of drug-likeness (QED) is 0.909. The number of aryl methyl sites for hydroxylation is 1. The van der Waals surface area contributed by atoms with Gasteiger partial charge in [-0.15, -0.1) is 5.53 Å². The molecule has 3 rings (SSSR count). The number of para-hydroxylation sites is 1. The van der Waals surface area contributed by atoms with Crippen molar-refractivity contribution in [1.82, 2.24) is 11.0 Å². The number of nitrogens with one attached hydrogen (secondary N) is 2. The van der Waals surface area contributed by atoms with Crippen LogP contribution in [0.4, 0.5) is 5.69 Å². The molecule has 0 unspecified atom stereocenters. The van der Waals surface area contributed by atoms with Crippen LogP contribution in [0.3, 0.4) is 0 Å². The van der Waals surface area contributed by atoms with Crippen LogP contribution in [0.5, 0.6) is 11.5 Å². The molecule has 0 bridgehead atoms. The monoisotopic (exact) mass is 298 g/mol. The number of hydrazine groups is 2. The van der Waals surface area contributed by atoms with Gasteiger partial charge >= 0.3 is 0 Å². The third-order valence-corrected chi connectivity index (χ3v) is 3.47. The summed E-state index contributed by atoms with van der Waals surface area (Å²) in [4.78, 5) is 0. The largest absolute Gasteiger partial charge is 0.496 e. The Balaban J connectivity index is 2.06. The van der Waals surface area contributed by atoms with Gasteiger partial charge < -0.3 is 14.9 Å². The topological polar surface area (TPSA) is 45.8 Å². The van der Waals surface area contributed by atoms with E-state index in [0.717, 1.165) is 22.5 Å². The van der Waals surface area contributed by atoms with Gasteiger partial charge in [0, 0.05) is 6.20 Å². The number of hydrogen-bond acceptors (Lipinski definition) is 5. The first-order valence-electron chi connectivity index (χ1n) is 7.43. The van der Waals surface area contributed by atoms with Crippen LogP contribution in [0.1, 0.15) is 11.1 Å². The molecule has 22 heavy (non-hydrogen) atoms. The zero-order valence-corrected chi connectivity index (χ0v) is 12.8. The average molecular weight is 298 g/mol. The van der Waals surface area contributed by atoms with Crippen LogP contribution in [0.15, 0.2) is 48.7 Å². The van der Waals surface area contributed by atoms with E-state index in [0.29, 0.717) is 11.5 Å². The predicted molar refractivity (Wildman–Crippen MR) is 87.5 cm³/mol. The van der Waals surface area contributed by atoms with Gasteiger partial charge in [-0.1, -0.05) is 18.2 Å². The number of hydrogen-bond donors (Lipinski definition) is 2. The molecule has 1 aliphatic heterocycles. The normalized spacial score (nSPS) is 15.1. The third-order valence-electron chi connectivity index (χ3n) is 3.47. The van der Waals surface area contributed by atoms with E-state index in [2.05, 4.69) is 5.43 Å². The molecular weight excluding hydrogens is 278 g/mol. The highest BCUT2D eigenvalue weighted by atomic mass is 16.5. The molecule has 0 spiro atoms. The minimum Gasteiger partial charge on any atom is -0.496 e. The van der Waals surface area contributed by atoms with E-state index >= 15 is 0 Å². The van der Waals surface area contributed by atoms with Crippen molar-refractivity contribution in [2.45, 2.75) is 6.92 Å². The van der Waals surface area contributed by atoms with Crippen LogP contribution in [0, 0.1) is 6.92 Å². The lowest BCUT2D eigenvalue weighted by Gasteiger charge is -2.15. The van der Waals surface area contributed by atoms with Gasteiger partial charge in [0.05, 0.1) is 31.2 Å². The van der Waals surface area contributed by atoms with Crippen LogP contribution in [0.2, 0.25) is 1.41 Å². The fourth-order valence-corrected chi connectivity index (χ4v) is 2.43. The summed E-state index contributed by atoms with van der Waals surface area (Å²) in [5.74, 6) is 1.40. The summed E-state index contributed by atoms with van der Waals surface area (Å²) in [6, 6.07) is 13.6. The molecule has 0 aromatic heterocycles. The Morgan fingerprint density at radius 3 is 2.27 bits per heavy atom. The van der Waals surface area contributed by atoms with Crippen molar-refractivity contribution >= 4 is 11.4 Å². The van der Waals surface area contributed by atoms with E-state index in [1.165, 1.54) is 5.53 Å². The standard InChI is InChI=1S/C17H19N3O2/c1-12-9-15(21-2)17(16(10-12)22-3)14-11-20(19-18-14)13-7-5-4-6-8-13/h4-11,18-19H,1-3H3/i/hD. The Kier molecular flexibility index (Phi) is 3.55.